The van der Waals surface area contributed by atoms with Gasteiger partial charge in [0.05, 0.1) is 0 Å². The van der Waals surface area contributed by atoms with Crippen LogP contribution in [0.5, 0.6) is 0 Å². The van der Waals surface area contributed by atoms with Crippen LogP contribution in [0.3, 0.4) is 0 Å². The molecule has 9 aromatic rings. The Balaban J connectivity index is 1.18. The van der Waals surface area contributed by atoms with Crippen molar-refractivity contribution in [1.29, 1.82) is 0 Å². The Hall–Kier alpha value is -5.50. The van der Waals surface area contributed by atoms with E-state index in [4.69, 9.17) is 0 Å². The summed E-state index contributed by atoms with van der Waals surface area (Å²) < 4.78 is 2.66. The topological polar surface area (TPSA) is 0 Å². The second-order valence-corrected chi connectivity index (χ2v) is 25.1. The van der Waals surface area contributed by atoms with Gasteiger partial charge in [0.15, 0.2) is 0 Å². The third-order valence-corrected chi connectivity index (χ3v) is 14.8. The van der Waals surface area contributed by atoms with E-state index in [0.717, 1.165) is 0 Å². The molecule has 0 N–H and O–H groups in total. The minimum Gasteiger partial charge on any atom is -0.135 e. The molecule has 0 fully saturated rings. The molecule has 0 aliphatic carbocycles. The van der Waals surface area contributed by atoms with Crippen LogP contribution in [-0.2, 0) is 27.1 Å². The minimum atomic E-state index is -0.0925. The maximum absolute atomic E-state index is 2.50. The Morgan fingerprint density at radius 1 is 0.246 bits per heavy atom. The summed E-state index contributed by atoms with van der Waals surface area (Å²) in [6.07, 6.45) is 0. The van der Waals surface area contributed by atoms with Gasteiger partial charge in [-0.25, -0.2) is 0 Å². The number of hydrogen-bond acceptors (Lipinski definition) is 1. The molecule has 1 aromatic heterocycles. The summed E-state index contributed by atoms with van der Waals surface area (Å²) in [6.45, 7) is 35.1. The zero-order chi connectivity index (χ0) is 46.6. The highest BCUT2D eigenvalue weighted by molar-refractivity contribution is 7.25. The fraction of sp³-hybridized carbons (Fsp3) is 0.312. The Morgan fingerprint density at radius 3 is 1.02 bits per heavy atom. The lowest BCUT2D eigenvalue weighted by Crippen LogP contribution is -2.17. The molecular formula is C64H68S. The summed E-state index contributed by atoms with van der Waals surface area (Å²) in [4.78, 5) is 0. The summed E-state index contributed by atoms with van der Waals surface area (Å²) >= 11 is 1.89. The monoisotopic (exact) mass is 869 g/mol. The number of thiophene rings is 1. The van der Waals surface area contributed by atoms with Crippen molar-refractivity contribution in [3.05, 3.63) is 167 Å². The van der Waals surface area contributed by atoms with Gasteiger partial charge in [0.2, 0.25) is 0 Å². The third kappa shape index (κ3) is 8.47. The summed E-state index contributed by atoms with van der Waals surface area (Å²) in [7, 11) is 0. The molecule has 1 heteroatoms. The fourth-order valence-corrected chi connectivity index (χ4v) is 11.1. The van der Waals surface area contributed by atoms with Crippen LogP contribution in [0.2, 0.25) is 0 Å². The number of rotatable bonds is 4. The van der Waals surface area contributed by atoms with Crippen LogP contribution in [0.1, 0.15) is 132 Å². The van der Waals surface area contributed by atoms with E-state index in [9.17, 15) is 0 Å². The fourth-order valence-electron chi connectivity index (χ4n) is 10.0. The van der Waals surface area contributed by atoms with Gasteiger partial charge >= 0.3 is 0 Å². The van der Waals surface area contributed by atoms with Gasteiger partial charge in [-0.1, -0.05) is 201 Å². The molecule has 0 nitrogen and oxygen atoms in total. The number of hydrogen-bond donors (Lipinski definition) is 0. The van der Waals surface area contributed by atoms with Gasteiger partial charge in [0.25, 0.3) is 0 Å². The molecule has 0 radical (unpaired) electrons. The predicted octanol–water partition coefficient (Wildman–Crippen LogP) is 19.5. The Kier molecular flexibility index (Phi) is 10.7. The smallest absolute Gasteiger partial charge is 0.0355 e. The highest BCUT2D eigenvalue weighted by Gasteiger charge is 2.29. The highest BCUT2D eigenvalue weighted by atomic mass is 32.1. The van der Waals surface area contributed by atoms with Gasteiger partial charge in [-0.2, -0.15) is 0 Å². The van der Waals surface area contributed by atoms with Crippen molar-refractivity contribution in [1.82, 2.24) is 0 Å². The van der Waals surface area contributed by atoms with Crippen molar-refractivity contribution in [3.63, 3.8) is 0 Å². The molecule has 9 rings (SSSR count). The molecule has 0 atom stereocenters. The van der Waals surface area contributed by atoms with Crippen LogP contribution >= 0.6 is 11.3 Å². The molecule has 0 amide bonds. The van der Waals surface area contributed by atoms with Gasteiger partial charge in [-0.05, 0) is 163 Å². The van der Waals surface area contributed by atoms with Crippen LogP contribution in [0.15, 0.2) is 140 Å². The van der Waals surface area contributed by atoms with Crippen molar-refractivity contribution in [3.8, 4) is 44.5 Å². The first kappa shape index (κ1) is 44.7. The summed E-state index contributed by atoms with van der Waals surface area (Å²) in [6, 6.07) is 54.3. The van der Waals surface area contributed by atoms with E-state index in [1.807, 2.05) is 11.3 Å². The van der Waals surface area contributed by atoms with E-state index >= 15 is 0 Å². The van der Waals surface area contributed by atoms with Crippen LogP contribution in [-0.4, -0.2) is 0 Å². The van der Waals surface area contributed by atoms with Crippen molar-refractivity contribution < 1.29 is 0 Å². The maximum atomic E-state index is 2.50. The van der Waals surface area contributed by atoms with Gasteiger partial charge in [-0.15, -0.1) is 11.3 Å². The van der Waals surface area contributed by atoms with Crippen LogP contribution in [0, 0.1) is 0 Å². The molecule has 0 aliphatic heterocycles. The van der Waals surface area contributed by atoms with E-state index in [0.29, 0.717) is 0 Å². The highest BCUT2D eigenvalue weighted by Crippen LogP contribution is 2.47. The van der Waals surface area contributed by atoms with E-state index in [1.54, 1.807) is 0 Å². The first-order chi connectivity index (χ1) is 30.3. The van der Waals surface area contributed by atoms with Gasteiger partial charge in [0, 0.05) is 20.2 Å². The SMILES string of the molecule is CC(C)(C)c1ccc(-c2ccc3sc4ccc(-c5ccc6c(C(C)(C)C)c7cc(-c8cccc(-c9cc(C(C)(C)C)cc(C(C)(C)C)c9)c8)ccc7c(C(C)(C)C)c6c5)cc4c3c2)cc1. The van der Waals surface area contributed by atoms with E-state index in [1.165, 1.54) is 114 Å². The first-order valence-electron chi connectivity index (χ1n) is 23.7. The van der Waals surface area contributed by atoms with Crippen LogP contribution in [0.4, 0.5) is 0 Å². The van der Waals surface area contributed by atoms with E-state index in [2.05, 4.69) is 243 Å². The molecule has 330 valence electrons. The molecule has 0 aliphatic rings. The molecule has 0 bridgehead atoms. The average molecular weight is 869 g/mol. The van der Waals surface area contributed by atoms with Crippen molar-refractivity contribution in [2.24, 2.45) is 0 Å². The van der Waals surface area contributed by atoms with Crippen LogP contribution < -0.4 is 0 Å². The van der Waals surface area contributed by atoms with E-state index in [-0.39, 0.29) is 27.1 Å². The largest absolute Gasteiger partial charge is 0.135 e. The second-order valence-electron chi connectivity index (χ2n) is 24.0. The minimum absolute atomic E-state index is 0.0563. The molecule has 0 spiro atoms. The predicted molar refractivity (Wildman–Crippen MR) is 290 cm³/mol. The molecule has 0 saturated carbocycles. The molecule has 0 saturated heterocycles. The van der Waals surface area contributed by atoms with Gasteiger partial charge in [0.1, 0.15) is 0 Å². The summed E-state index contributed by atoms with van der Waals surface area (Å²) in [5.41, 5.74) is 17.1. The van der Waals surface area contributed by atoms with Crippen molar-refractivity contribution in [2.45, 2.75) is 131 Å². The van der Waals surface area contributed by atoms with Crippen LogP contribution in [0.25, 0.3) is 86.2 Å². The first-order valence-corrected chi connectivity index (χ1v) is 24.6. The average Bonchev–Trinajstić information content (AvgIpc) is 3.60. The third-order valence-electron chi connectivity index (χ3n) is 13.7. The second kappa shape index (κ2) is 15.6. The molecule has 0 unspecified atom stereocenters. The standard InChI is InChI=1S/C64H68S/c1-60(2,3)47-25-19-39(20-26-47)42-23-29-56-52(34-42)53-35-45(24-30-57(53)65-56)44-22-28-51-55(37-44)59(64(13,14)15)50-27-21-43(36-54(50)58(51)63(10,11)12)40-17-16-18-41(31-40)46-32-48(61(4,5)6)38-49(33-46)62(7,8)9/h16-38H,1-15H3. The van der Waals surface area contributed by atoms with E-state index < -0.39 is 0 Å². The van der Waals surface area contributed by atoms with Gasteiger partial charge < -0.3 is 0 Å². The molecule has 8 aromatic carbocycles. The zero-order valence-corrected chi connectivity index (χ0v) is 42.5. The number of benzene rings is 8. The lowest BCUT2D eigenvalue weighted by molar-refractivity contribution is 0.569. The number of fused-ring (bicyclic) bond motifs is 5. The van der Waals surface area contributed by atoms with Crippen molar-refractivity contribution >= 4 is 53.1 Å². The normalized spacial score (nSPS) is 13.2. The molecular weight excluding hydrogens is 801 g/mol. The summed E-state index contributed by atoms with van der Waals surface area (Å²) in [5, 5.41) is 8.06. The Morgan fingerprint density at radius 2 is 0.600 bits per heavy atom. The van der Waals surface area contributed by atoms with Crippen molar-refractivity contribution in [2.75, 3.05) is 0 Å². The molecule has 65 heavy (non-hydrogen) atoms. The lowest BCUT2D eigenvalue weighted by atomic mass is 9.73. The lowest BCUT2D eigenvalue weighted by Gasteiger charge is -2.31. The zero-order valence-electron chi connectivity index (χ0n) is 41.7. The van der Waals surface area contributed by atoms with Gasteiger partial charge in [-0.3, -0.25) is 0 Å². The Bertz CT molecular complexity index is 3260. The maximum Gasteiger partial charge on any atom is 0.0355 e. The quantitative estimate of drug-likeness (QED) is 0.155. The molecule has 1 heterocycles. The summed E-state index contributed by atoms with van der Waals surface area (Å²) in [5.74, 6) is 0. The Labute approximate surface area is 393 Å².